The number of fused-ring (bicyclic) bond motifs is 2. The number of halogens is 1. The number of aromatic nitrogens is 2. The third kappa shape index (κ3) is 2.31. The van der Waals surface area contributed by atoms with Crippen LogP contribution in [0.4, 0.5) is 4.39 Å². The smallest absolute Gasteiger partial charge is 0.197 e. The topological polar surface area (TPSA) is 55.1 Å². The van der Waals surface area contributed by atoms with E-state index in [-0.39, 0.29) is 12.0 Å². The van der Waals surface area contributed by atoms with Gasteiger partial charge in [-0.3, -0.25) is 4.79 Å². The summed E-state index contributed by atoms with van der Waals surface area (Å²) in [6.07, 6.45) is 1.73. The molecule has 24 heavy (non-hydrogen) atoms. The monoisotopic (exact) mass is 340 g/mol. The molecule has 6 heteroatoms. The number of hydrogen-bond donors (Lipinski definition) is 1. The van der Waals surface area contributed by atoms with Crippen LogP contribution < -0.4 is 5.43 Å². The molecule has 0 saturated carbocycles. The van der Waals surface area contributed by atoms with E-state index in [9.17, 15) is 14.3 Å². The molecule has 1 N–H and O–H groups in total. The number of rotatable bonds is 3. The Labute approximate surface area is 140 Å². The summed E-state index contributed by atoms with van der Waals surface area (Å²) in [6, 6.07) is 9.64. The summed E-state index contributed by atoms with van der Waals surface area (Å²) in [7, 11) is 0. The number of benzene rings is 2. The molecule has 2 heterocycles. The van der Waals surface area contributed by atoms with E-state index in [1.54, 1.807) is 18.3 Å². The van der Waals surface area contributed by atoms with Crippen LogP contribution in [0.2, 0.25) is 0 Å². The molecule has 0 atom stereocenters. The second-order valence-electron chi connectivity index (χ2n) is 5.44. The normalized spacial score (nSPS) is 11.4. The second kappa shape index (κ2) is 5.81. The highest BCUT2D eigenvalue weighted by atomic mass is 32.1. The van der Waals surface area contributed by atoms with Gasteiger partial charge in [0, 0.05) is 34.5 Å². The fourth-order valence-electron chi connectivity index (χ4n) is 2.99. The molecular formula is C18H13FN2O2S. The van der Waals surface area contributed by atoms with Gasteiger partial charge in [0.1, 0.15) is 10.8 Å². The third-order valence-corrected chi connectivity index (χ3v) is 4.85. The minimum Gasteiger partial charge on any atom is -0.395 e. The molecule has 0 fully saturated rings. The van der Waals surface area contributed by atoms with Crippen molar-refractivity contribution in [3.63, 3.8) is 0 Å². The minimum atomic E-state index is -0.450. The van der Waals surface area contributed by atoms with Gasteiger partial charge < -0.3 is 9.67 Å². The highest BCUT2D eigenvalue weighted by Gasteiger charge is 2.13. The van der Waals surface area contributed by atoms with Crippen LogP contribution in [-0.2, 0) is 6.54 Å². The van der Waals surface area contributed by atoms with Crippen molar-refractivity contribution in [1.82, 2.24) is 9.55 Å². The Morgan fingerprint density at radius 1 is 1.12 bits per heavy atom. The van der Waals surface area contributed by atoms with Crippen molar-refractivity contribution in [3.8, 4) is 10.6 Å². The van der Waals surface area contributed by atoms with Gasteiger partial charge in [-0.2, -0.15) is 0 Å². The molecule has 4 aromatic rings. The predicted molar refractivity (Wildman–Crippen MR) is 93.9 cm³/mol. The minimum absolute atomic E-state index is 0.0775. The van der Waals surface area contributed by atoms with Crippen LogP contribution in [0, 0.1) is 5.82 Å². The Balaban J connectivity index is 2.13. The molecule has 0 unspecified atom stereocenters. The molecule has 0 aliphatic rings. The average Bonchev–Trinajstić information content (AvgIpc) is 3.13. The first-order chi connectivity index (χ1) is 11.7. The largest absolute Gasteiger partial charge is 0.395 e. The number of aliphatic hydroxyl groups excluding tert-OH is 1. The maximum absolute atomic E-state index is 13.6. The van der Waals surface area contributed by atoms with Crippen molar-refractivity contribution in [2.75, 3.05) is 6.61 Å². The van der Waals surface area contributed by atoms with Crippen LogP contribution >= 0.6 is 11.3 Å². The van der Waals surface area contributed by atoms with Gasteiger partial charge in [0.2, 0.25) is 0 Å². The number of nitrogens with zero attached hydrogens (tertiary/aromatic N) is 2. The molecule has 0 spiro atoms. The number of pyridine rings is 1. The average molecular weight is 340 g/mol. The van der Waals surface area contributed by atoms with Crippen molar-refractivity contribution in [2.45, 2.75) is 6.54 Å². The number of hydrogen-bond acceptors (Lipinski definition) is 4. The summed E-state index contributed by atoms with van der Waals surface area (Å²) < 4.78 is 15.4. The molecule has 0 radical (unpaired) electrons. The van der Waals surface area contributed by atoms with Gasteiger partial charge in [0.05, 0.1) is 17.6 Å². The molecule has 0 amide bonds. The van der Waals surface area contributed by atoms with Gasteiger partial charge in [0.25, 0.3) is 0 Å². The van der Waals surface area contributed by atoms with E-state index in [0.29, 0.717) is 28.4 Å². The standard InChI is InChI=1S/C18H13FN2O2S/c19-12-2-4-15-14(10-12)17(23)13-3-1-11(18-20-5-8-24-18)9-16(13)21(15)6-7-22/h1-5,8-10,22H,6-7H2. The molecule has 2 aromatic heterocycles. The summed E-state index contributed by atoms with van der Waals surface area (Å²) >= 11 is 1.52. The van der Waals surface area contributed by atoms with Crippen molar-refractivity contribution >= 4 is 33.1 Å². The maximum atomic E-state index is 13.6. The summed E-state index contributed by atoms with van der Waals surface area (Å²) in [4.78, 5) is 17.0. The Kier molecular flexibility index (Phi) is 3.63. The van der Waals surface area contributed by atoms with E-state index in [2.05, 4.69) is 4.98 Å². The quantitative estimate of drug-likeness (QED) is 0.582. The first kappa shape index (κ1) is 15.0. The van der Waals surface area contributed by atoms with Gasteiger partial charge >= 0.3 is 0 Å². The van der Waals surface area contributed by atoms with Gasteiger partial charge in [0.15, 0.2) is 5.43 Å². The molecule has 0 saturated heterocycles. The number of thiazole rings is 1. The molecular weight excluding hydrogens is 327 g/mol. The van der Waals surface area contributed by atoms with Crippen molar-refractivity contribution in [3.05, 3.63) is 64.0 Å². The van der Waals surface area contributed by atoms with E-state index in [1.807, 2.05) is 22.1 Å². The zero-order valence-electron chi connectivity index (χ0n) is 12.6. The first-order valence-corrected chi connectivity index (χ1v) is 8.33. The van der Waals surface area contributed by atoms with E-state index in [1.165, 1.54) is 23.5 Å². The highest BCUT2D eigenvalue weighted by Crippen LogP contribution is 2.27. The van der Waals surface area contributed by atoms with Crippen LogP contribution in [0.15, 0.2) is 52.8 Å². The Morgan fingerprint density at radius 3 is 2.75 bits per heavy atom. The lowest BCUT2D eigenvalue weighted by atomic mass is 10.1. The Morgan fingerprint density at radius 2 is 2.00 bits per heavy atom. The van der Waals surface area contributed by atoms with E-state index in [0.717, 1.165) is 10.6 Å². The highest BCUT2D eigenvalue weighted by molar-refractivity contribution is 7.13. The van der Waals surface area contributed by atoms with Crippen molar-refractivity contribution < 1.29 is 9.50 Å². The lowest BCUT2D eigenvalue weighted by Gasteiger charge is -2.15. The molecule has 0 aliphatic heterocycles. The van der Waals surface area contributed by atoms with Gasteiger partial charge in [-0.15, -0.1) is 11.3 Å². The van der Waals surface area contributed by atoms with Crippen LogP contribution in [0.25, 0.3) is 32.4 Å². The SMILES string of the molecule is O=c1c2cc(F)ccc2n(CCO)c2cc(-c3nccs3)ccc12. The lowest BCUT2D eigenvalue weighted by molar-refractivity contribution is 0.279. The third-order valence-electron chi connectivity index (χ3n) is 4.03. The fourth-order valence-corrected chi connectivity index (χ4v) is 3.62. The zero-order valence-corrected chi connectivity index (χ0v) is 13.4. The van der Waals surface area contributed by atoms with Gasteiger partial charge in [-0.25, -0.2) is 9.37 Å². The lowest BCUT2D eigenvalue weighted by Crippen LogP contribution is -2.13. The second-order valence-corrected chi connectivity index (χ2v) is 6.33. The number of aliphatic hydroxyl groups is 1. The molecule has 2 aromatic carbocycles. The van der Waals surface area contributed by atoms with Crippen molar-refractivity contribution in [2.24, 2.45) is 0 Å². The summed E-state index contributed by atoms with van der Waals surface area (Å²) in [5, 5.41) is 13.0. The molecule has 120 valence electrons. The van der Waals surface area contributed by atoms with Crippen LogP contribution in [0.1, 0.15) is 0 Å². The van der Waals surface area contributed by atoms with Gasteiger partial charge in [-0.05, 0) is 30.3 Å². The summed E-state index contributed by atoms with van der Waals surface area (Å²) in [5.41, 5.74) is 2.02. The Bertz CT molecular complexity index is 1100. The van der Waals surface area contributed by atoms with E-state index >= 15 is 0 Å². The van der Waals surface area contributed by atoms with E-state index < -0.39 is 5.82 Å². The summed E-state index contributed by atoms with van der Waals surface area (Å²) in [6.45, 7) is 0.242. The van der Waals surface area contributed by atoms with Crippen molar-refractivity contribution in [1.29, 1.82) is 0 Å². The van der Waals surface area contributed by atoms with Crippen LogP contribution in [0.3, 0.4) is 0 Å². The molecule has 0 aliphatic carbocycles. The summed E-state index contributed by atoms with van der Waals surface area (Å²) in [5.74, 6) is -0.450. The van der Waals surface area contributed by atoms with Crippen LogP contribution in [-0.4, -0.2) is 21.3 Å². The molecule has 4 nitrogen and oxygen atoms in total. The molecule has 4 rings (SSSR count). The first-order valence-electron chi connectivity index (χ1n) is 7.45. The van der Waals surface area contributed by atoms with Gasteiger partial charge in [-0.1, -0.05) is 6.07 Å². The fraction of sp³-hybridized carbons (Fsp3) is 0.111. The molecule has 0 bridgehead atoms. The predicted octanol–water partition coefficient (Wildman–Crippen LogP) is 3.41. The maximum Gasteiger partial charge on any atom is 0.197 e. The van der Waals surface area contributed by atoms with Crippen LogP contribution in [0.5, 0.6) is 0 Å². The van der Waals surface area contributed by atoms with E-state index in [4.69, 9.17) is 0 Å². The zero-order chi connectivity index (χ0) is 16.7. The Hall–Kier alpha value is -2.57.